The number of aryl methyl sites for hydroxylation is 1. The number of methoxy groups -OCH3 is 2. The maximum absolute atomic E-state index is 12.5. The number of pyridine rings is 1. The van der Waals surface area contributed by atoms with Crippen LogP contribution in [0.1, 0.15) is 5.56 Å². The number of rotatable bonds is 3. The number of H-pyrrole nitrogens is 1. The lowest BCUT2D eigenvalue weighted by Crippen LogP contribution is -2.11. The summed E-state index contributed by atoms with van der Waals surface area (Å²) in [6.07, 6.45) is 0. The fourth-order valence-corrected chi connectivity index (χ4v) is 2.75. The van der Waals surface area contributed by atoms with Crippen LogP contribution in [0.25, 0.3) is 22.0 Å². The molecule has 0 fully saturated rings. The monoisotopic (exact) mass is 295 g/mol. The van der Waals surface area contributed by atoms with Crippen molar-refractivity contribution >= 4 is 10.9 Å². The quantitative estimate of drug-likeness (QED) is 0.804. The van der Waals surface area contributed by atoms with Crippen molar-refractivity contribution in [1.29, 1.82) is 0 Å². The SMILES string of the molecule is COc1ccc(-c2c(C)c3ccccc3[nH]c2=O)cc1OC. The lowest BCUT2D eigenvalue weighted by molar-refractivity contribution is 0.355. The van der Waals surface area contributed by atoms with Crippen LogP contribution in [0.15, 0.2) is 47.3 Å². The van der Waals surface area contributed by atoms with E-state index in [1.54, 1.807) is 14.2 Å². The number of hydrogen-bond acceptors (Lipinski definition) is 3. The molecule has 3 aromatic rings. The molecular formula is C18H17NO3. The van der Waals surface area contributed by atoms with Crippen molar-refractivity contribution in [3.05, 3.63) is 58.4 Å². The summed E-state index contributed by atoms with van der Waals surface area (Å²) in [5.74, 6) is 1.24. The third-order valence-corrected chi connectivity index (χ3v) is 3.85. The fourth-order valence-electron chi connectivity index (χ4n) is 2.75. The zero-order valence-corrected chi connectivity index (χ0v) is 12.8. The van der Waals surface area contributed by atoms with Gasteiger partial charge in [0.25, 0.3) is 5.56 Å². The fraction of sp³-hybridized carbons (Fsp3) is 0.167. The van der Waals surface area contributed by atoms with E-state index in [1.165, 1.54) is 0 Å². The Kier molecular flexibility index (Phi) is 3.59. The van der Waals surface area contributed by atoms with E-state index in [0.717, 1.165) is 22.0 Å². The molecule has 1 heterocycles. The Hall–Kier alpha value is -2.75. The highest BCUT2D eigenvalue weighted by Crippen LogP contribution is 2.33. The van der Waals surface area contributed by atoms with E-state index in [0.29, 0.717) is 17.1 Å². The molecule has 2 aromatic carbocycles. The first-order chi connectivity index (χ1) is 10.7. The molecule has 0 aliphatic heterocycles. The first kappa shape index (κ1) is 14.2. The maximum Gasteiger partial charge on any atom is 0.256 e. The van der Waals surface area contributed by atoms with E-state index in [4.69, 9.17) is 9.47 Å². The summed E-state index contributed by atoms with van der Waals surface area (Å²) in [7, 11) is 3.17. The molecule has 3 rings (SSSR count). The molecule has 0 spiro atoms. The van der Waals surface area contributed by atoms with Crippen molar-refractivity contribution in [2.45, 2.75) is 6.92 Å². The molecule has 0 amide bonds. The Morgan fingerprint density at radius 1 is 0.955 bits per heavy atom. The average molecular weight is 295 g/mol. The van der Waals surface area contributed by atoms with Gasteiger partial charge in [-0.15, -0.1) is 0 Å². The molecule has 22 heavy (non-hydrogen) atoms. The van der Waals surface area contributed by atoms with Crippen LogP contribution >= 0.6 is 0 Å². The van der Waals surface area contributed by atoms with Gasteiger partial charge in [0.1, 0.15) is 0 Å². The summed E-state index contributed by atoms with van der Waals surface area (Å²) < 4.78 is 10.6. The molecule has 4 heteroatoms. The first-order valence-electron chi connectivity index (χ1n) is 6.99. The van der Waals surface area contributed by atoms with E-state index in [2.05, 4.69) is 4.98 Å². The predicted molar refractivity (Wildman–Crippen MR) is 87.8 cm³/mol. The van der Waals surface area contributed by atoms with E-state index in [1.807, 2.05) is 49.4 Å². The summed E-state index contributed by atoms with van der Waals surface area (Å²) >= 11 is 0. The Balaban J connectivity index is 2.28. The normalized spacial score (nSPS) is 10.7. The Morgan fingerprint density at radius 2 is 1.68 bits per heavy atom. The van der Waals surface area contributed by atoms with Gasteiger partial charge in [0, 0.05) is 10.9 Å². The summed E-state index contributed by atoms with van der Waals surface area (Å²) in [6.45, 7) is 1.96. The van der Waals surface area contributed by atoms with Gasteiger partial charge in [-0.1, -0.05) is 24.3 Å². The van der Waals surface area contributed by atoms with Gasteiger partial charge in [-0.3, -0.25) is 4.79 Å². The molecule has 1 aromatic heterocycles. The molecule has 0 radical (unpaired) electrons. The number of aromatic nitrogens is 1. The van der Waals surface area contributed by atoms with Crippen LogP contribution in [0.5, 0.6) is 11.5 Å². The number of benzene rings is 2. The van der Waals surface area contributed by atoms with E-state index >= 15 is 0 Å². The lowest BCUT2D eigenvalue weighted by Gasteiger charge is -2.12. The number of fused-ring (bicyclic) bond motifs is 1. The minimum atomic E-state index is -0.108. The highest BCUT2D eigenvalue weighted by Gasteiger charge is 2.13. The molecule has 4 nitrogen and oxygen atoms in total. The van der Waals surface area contributed by atoms with E-state index < -0.39 is 0 Å². The van der Waals surface area contributed by atoms with Gasteiger partial charge in [0.2, 0.25) is 0 Å². The number of nitrogens with one attached hydrogen (secondary N) is 1. The second kappa shape index (κ2) is 5.56. The molecule has 0 saturated heterocycles. The first-order valence-corrected chi connectivity index (χ1v) is 6.99. The van der Waals surface area contributed by atoms with Crippen molar-refractivity contribution in [3.63, 3.8) is 0 Å². The topological polar surface area (TPSA) is 51.3 Å². The molecule has 0 unspecified atom stereocenters. The highest BCUT2D eigenvalue weighted by molar-refractivity contribution is 5.88. The molecular weight excluding hydrogens is 278 g/mol. The summed E-state index contributed by atoms with van der Waals surface area (Å²) in [6, 6.07) is 13.3. The van der Waals surface area contributed by atoms with Gasteiger partial charge in [-0.2, -0.15) is 0 Å². The largest absolute Gasteiger partial charge is 0.493 e. The predicted octanol–water partition coefficient (Wildman–Crippen LogP) is 3.52. The van der Waals surface area contributed by atoms with Gasteiger partial charge >= 0.3 is 0 Å². The third kappa shape index (κ3) is 2.22. The number of aromatic amines is 1. The van der Waals surface area contributed by atoms with E-state index in [9.17, 15) is 4.79 Å². The van der Waals surface area contributed by atoms with Gasteiger partial charge in [-0.25, -0.2) is 0 Å². The zero-order valence-electron chi connectivity index (χ0n) is 12.8. The minimum Gasteiger partial charge on any atom is -0.493 e. The lowest BCUT2D eigenvalue weighted by atomic mass is 9.98. The molecule has 0 aliphatic rings. The van der Waals surface area contributed by atoms with Crippen LogP contribution in [0.3, 0.4) is 0 Å². The third-order valence-electron chi connectivity index (χ3n) is 3.85. The number of hydrogen-bond donors (Lipinski definition) is 1. The Labute approximate surface area is 128 Å². The van der Waals surface area contributed by atoms with Crippen molar-refractivity contribution in [2.75, 3.05) is 14.2 Å². The van der Waals surface area contributed by atoms with Gasteiger partial charge in [-0.05, 0) is 36.2 Å². The van der Waals surface area contributed by atoms with Crippen molar-refractivity contribution in [1.82, 2.24) is 4.98 Å². The molecule has 0 aliphatic carbocycles. The summed E-state index contributed by atoms with van der Waals surface area (Å²) in [5.41, 5.74) is 3.14. The average Bonchev–Trinajstić information content (AvgIpc) is 2.54. The van der Waals surface area contributed by atoms with Crippen molar-refractivity contribution < 1.29 is 9.47 Å². The molecule has 112 valence electrons. The van der Waals surface area contributed by atoms with Gasteiger partial charge < -0.3 is 14.5 Å². The molecule has 0 bridgehead atoms. The summed E-state index contributed by atoms with van der Waals surface area (Å²) in [4.78, 5) is 15.4. The van der Waals surface area contributed by atoms with Gasteiger partial charge in [0.15, 0.2) is 11.5 Å². The number of ether oxygens (including phenoxy) is 2. The molecule has 0 atom stereocenters. The van der Waals surface area contributed by atoms with Crippen LogP contribution in [0.2, 0.25) is 0 Å². The summed E-state index contributed by atoms with van der Waals surface area (Å²) in [5, 5.41) is 1.03. The minimum absolute atomic E-state index is 0.108. The van der Waals surface area contributed by atoms with Crippen LogP contribution in [-0.2, 0) is 0 Å². The van der Waals surface area contributed by atoms with E-state index in [-0.39, 0.29) is 5.56 Å². The van der Waals surface area contributed by atoms with Gasteiger partial charge in [0.05, 0.1) is 19.8 Å². The smallest absolute Gasteiger partial charge is 0.256 e. The highest BCUT2D eigenvalue weighted by atomic mass is 16.5. The number of para-hydroxylation sites is 1. The Morgan fingerprint density at radius 3 is 2.41 bits per heavy atom. The second-order valence-electron chi connectivity index (χ2n) is 5.07. The van der Waals surface area contributed by atoms with Crippen molar-refractivity contribution in [3.8, 4) is 22.6 Å². The molecule has 1 N–H and O–H groups in total. The standard InChI is InChI=1S/C18H17NO3/c1-11-13-6-4-5-7-14(13)19-18(20)17(11)12-8-9-15(21-2)16(10-12)22-3/h4-10H,1-3H3,(H,19,20). The molecule has 0 saturated carbocycles. The second-order valence-corrected chi connectivity index (χ2v) is 5.07. The van der Waals surface area contributed by atoms with Crippen LogP contribution in [0.4, 0.5) is 0 Å². The van der Waals surface area contributed by atoms with Crippen LogP contribution < -0.4 is 15.0 Å². The Bertz CT molecular complexity index is 896. The zero-order chi connectivity index (χ0) is 15.7. The van der Waals surface area contributed by atoms with Crippen LogP contribution in [0, 0.1) is 6.92 Å². The maximum atomic E-state index is 12.5. The van der Waals surface area contributed by atoms with Crippen LogP contribution in [-0.4, -0.2) is 19.2 Å². The van der Waals surface area contributed by atoms with Crippen molar-refractivity contribution in [2.24, 2.45) is 0 Å².